The molecule has 0 heterocycles. The summed E-state index contributed by atoms with van der Waals surface area (Å²) in [6.45, 7) is 19.5. The van der Waals surface area contributed by atoms with E-state index in [1.54, 1.807) is 12.2 Å². The van der Waals surface area contributed by atoms with Crippen molar-refractivity contribution in [2.45, 2.75) is 48.0 Å². The highest BCUT2D eigenvalue weighted by molar-refractivity contribution is 6.04. The molecule has 0 amide bonds. The first-order valence-corrected chi connectivity index (χ1v) is 8.09. The van der Waals surface area contributed by atoms with Gasteiger partial charge in [-0.15, -0.1) is 0 Å². The monoisotopic (exact) mass is 301 g/mol. The molecule has 0 aromatic rings. The molecule has 0 radical (unpaired) electrons. The molecule has 0 aromatic heterocycles. The van der Waals surface area contributed by atoms with Crippen molar-refractivity contribution in [1.29, 1.82) is 0 Å². The Morgan fingerprint density at radius 1 is 0.864 bits per heavy atom. The molecule has 0 saturated heterocycles. The second kappa shape index (κ2) is 21.4. The predicted molar refractivity (Wildman–Crippen MR) is 107 cm³/mol. The molecule has 0 aliphatic heterocycles. The molecule has 0 bridgehead atoms. The summed E-state index contributed by atoms with van der Waals surface area (Å²) in [4.78, 5) is 4.37. The van der Waals surface area contributed by atoms with Crippen molar-refractivity contribution < 1.29 is 0 Å². The summed E-state index contributed by atoms with van der Waals surface area (Å²) >= 11 is 0. The van der Waals surface area contributed by atoms with E-state index < -0.39 is 0 Å². The molecule has 0 aliphatic carbocycles. The lowest BCUT2D eigenvalue weighted by Crippen LogP contribution is -2.02. The van der Waals surface area contributed by atoms with Gasteiger partial charge >= 0.3 is 0 Å². The van der Waals surface area contributed by atoms with Gasteiger partial charge in [-0.1, -0.05) is 89.5 Å². The van der Waals surface area contributed by atoms with Crippen molar-refractivity contribution in [2.75, 3.05) is 7.05 Å². The number of hydrogen-bond donors (Lipinski definition) is 0. The van der Waals surface area contributed by atoms with Crippen molar-refractivity contribution in [3.05, 3.63) is 72.9 Å². The van der Waals surface area contributed by atoms with Gasteiger partial charge < -0.3 is 0 Å². The SMILES string of the molecule is C=C/C=C(\C=C/C)CC(=NC)C(/C=C\C)=C/C=C.CC.CC. The van der Waals surface area contributed by atoms with Gasteiger partial charge in [-0.3, -0.25) is 4.99 Å². The van der Waals surface area contributed by atoms with E-state index in [0.717, 1.165) is 17.7 Å². The van der Waals surface area contributed by atoms with Gasteiger partial charge in [0.15, 0.2) is 0 Å². The molecule has 0 saturated carbocycles. The summed E-state index contributed by atoms with van der Waals surface area (Å²) in [6.07, 6.45) is 16.5. The highest BCUT2D eigenvalue weighted by Crippen LogP contribution is 2.13. The first-order chi connectivity index (χ1) is 10.7. The molecule has 1 heteroatoms. The van der Waals surface area contributed by atoms with Crippen molar-refractivity contribution in [2.24, 2.45) is 4.99 Å². The van der Waals surface area contributed by atoms with Crippen LogP contribution in [0, 0.1) is 0 Å². The van der Waals surface area contributed by atoms with Crippen LogP contribution >= 0.6 is 0 Å². The topological polar surface area (TPSA) is 12.4 Å². The van der Waals surface area contributed by atoms with Crippen molar-refractivity contribution >= 4 is 5.71 Å². The summed E-state index contributed by atoms with van der Waals surface area (Å²) in [6, 6.07) is 0. The third-order valence-corrected chi connectivity index (χ3v) is 2.33. The summed E-state index contributed by atoms with van der Waals surface area (Å²) in [7, 11) is 1.82. The molecular weight excluding hydrogens is 266 g/mol. The van der Waals surface area contributed by atoms with Crippen molar-refractivity contribution in [3.8, 4) is 0 Å². The number of hydrogen-bond acceptors (Lipinski definition) is 1. The lowest BCUT2D eigenvalue weighted by molar-refractivity contribution is 1.28. The molecule has 0 aliphatic rings. The fourth-order valence-corrected chi connectivity index (χ4v) is 1.60. The standard InChI is InChI=1S/C17H23N.2C2H6/c1-6-10-15(11-7-2)14-17(18-5)16(12-8-3)13-9-4;2*1-2/h6-13H,1,3,14H2,2,4-5H3;2*1-2H3/b11-7-,13-9-,15-10+,16-12+,18-17?;;. The fraction of sp³-hybridized carbons (Fsp3) is 0.381. The second-order valence-corrected chi connectivity index (χ2v) is 3.68. The molecular formula is C21H35N. The van der Waals surface area contributed by atoms with Crippen LogP contribution in [-0.2, 0) is 0 Å². The summed E-state index contributed by atoms with van der Waals surface area (Å²) in [5.41, 5.74) is 3.32. The number of aliphatic imine (C=N–C) groups is 1. The van der Waals surface area contributed by atoms with Gasteiger partial charge in [0, 0.05) is 19.2 Å². The van der Waals surface area contributed by atoms with Crippen LogP contribution in [0.5, 0.6) is 0 Å². The minimum atomic E-state index is 0.789. The van der Waals surface area contributed by atoms with E-state index in [2.05, 4.69) is 24.2 Å². The average Bonchev–Trinajstić information content (AvgIpc) is 2.56. The maximum atomic E-state index is 4.37. The Kier molecular flexibility index (Phi) is 24.4. The largest absolute Gasteiger partial charge is 0.292 e. The molecule has 0 rings (SSSR count). The predicted octanol–water partition coefficient (Wildman–Crippen LogP) is 6.88. The molecule has 0 fully saturated rings. The van der Waals surface area contributed by atoms with Crippen molar-refractivity contribution in [3.63, 3.8) is 0 Å². The number of allylic oxidation sites excluding steroid dienone is 10. The van der Waals surface area contributed by atoms with Gasteiger partial charge in [-0.05, 0) is 25.0 Å². The molecule has 22 heavy (non-hydrogen) atoms. The molecule has 124 valence electrons. The Labute approximate surface area is 139 Å². The highest BCUT2D eigenvalue weighted by atomic mass is 14.7. The Morgan fingerprint density at radius 3 is 1.73 bits per heavy atom. The van der Waals surface area contributed by atoms with Crippen LogP contribution in [0.15, 0.2) is 77.9 Å². The quantitative estimate of drug-likeness (QED) is 0.359. The molecule has 0 N–H and O–H groups in total. The first-order valence-electron chi connectivity index (χ1n) is 8.09. The van der Waals surface area contributed by atoms with E-state index in [0.29, 0.717) is 0 Å². The van der Waals surface area contributed by atoms with Crippen LogP contribution in [0.3, 0.4) is 0 Å². The van der Waals surface area contributed by atoms with Gasteiger partial charge in [-0.2, -0.15) is 0 Å². The maximum absolute atomic E-state index is 4.37. The third kappa shape index (κ3) is 13.1. The van der Waals surface area contributed by atoms with E-state index in [1.807, 2.05) is 79.0 Å². The van der Waals surface area contributed by atoms with Crippen LogP contribution in [-0.4, -0.2) is 12.8 Å². The lowest BCUT2D eigenvalue weighted by atomic mass is 10.0. The Balaban J connectivity index is -0.000000826. The van der Waals surface area contributed by atoms with E-state index in [4.69, 9.17) is 0 Å². The van der Waals surface area contributed by atoms with E-state index >= 15 is 0 Å². The Morgan fingerprint density at radius 2 is 1.36 bits per heavy atom. The molecule has 0 spiro atoms. The van der Waals surface area contributed by atoms with Gasteiger partial charge in [-0.25, -0.2) is 0 Å². The Hall–Kier alpha value is -1.89. The van der Waals surface area contributed by atoms with Gasteiger partial charge in [0.05, 0.1) is 0 Å². The second-order valence-electron chi connectivity index (χ2n) is 3.68. The van der Waals surface area contributed by atoms with Gasteiger partial charge in [0.2, 0.25) is 0 Å². The number of rotatable bonds is 7. The third-order valence-electron chi connectivity index (χ3n) is 2.33. The summed E-state index contributed by atoms with van der Waals surface area (Å²) < 4.78 is 0. The first kappa shape index (κ1) is 25.1. The maximum Gasteiger partial charge on any atom is 0.0460 e. The van der Waals surface area contributed by atoms with Gasteiger partial charge in [0.25, 0.3) is 0 Å². The van der Waals surface area contributed by atoms with Crippen LogP contribution in [0.2, 0.25) is 0 Å². The number of nitrogens with zero attached hydrogens (tertiary/aromatic N) is 1. The zero-order valence-corrected chi connectivity index (χ0v) is 15.7. The Bertz CT molecular complexity index is 415. The molecule has 0 aromatic carbocycles. The van der Waals surface area contributed by atoms with Crippen LogP contribution < -0.4 is 0 Å². The van der Waals surface area contributed by atoms with E-state index in [9.17, 15) is 0 Å². The summed E-state index contributed by atoms with van der Waals surface area (Å²) in [5, 5.41) is 0. The normalized spacial score (nSPS) is 12.4. The molecule has 1 nitrogen and oxygen atoms in total. The fourth-order valence-electron chi connectivity index (χ4n) is 1.60. The van der Waals surface area contributed by atoms with Crippen LogP contribution in [0.25, 0.3) is 0 Å². The smallest absolute Gasteiger partial charge is 0.0460 e. The van der Waals surface area contributed by atoms with Crippen LogP contribution in [0.4, 0.5) is 0 Å². The molecule has 0 unspecified atom stereocenters. The zero-order valence-electron chi connectivity index (χ0n) is 15.7. The summed E-state index contributed by atoms with van der Waals surface area (Å²) in [5.74, 6) is 0. The minimum absolute atomic E-state index is 0.789. The van der Waals surface area contributed by atoms with Crippen molar-refractivity contribution in [1.82, 2.24) is 0 Å². The zero-order chi connectivity index (χ0) is 17.8. The van der Waals surface area contributed by atoms with E-state index in [-0.39, 0.29) is 0 Å². The van der Waals surface area contributed by atoms with E-state index in [1.165, 1.54) is 5.57 Å². The lowest BCUT2D eigenvalue weighted by Gasteiger charge is -2.07. The minimum Gasteiger partial charge on any atom is -0.292 e. The van der Waals surface area contributed by atoms with Gasteiger partial charge in [0.1, 0.15) is 0 Å². The molecule has 0 atom stereocenters. The van der Waals surface area contributed by atoms with Crippen LogP contribution in [0.1, 0.15) is 48.0 Å². The average molecular weight is 302 g/mol. The highest BCUT2D eigenvalue weighted by Gasteiger charge is 2.04.